The molecule has 1 fully saturated rings. The van der Waals surface area contributed by atoms with Crippen LogP contribution in [-0.4, -0.2) is 55.0 Å². The number of carbonyl (C=O) groups excluding carboxylic acids is 3. The van der Waals surface area contributed by atoms with Gasteiger partial charge in [0, 0.05) is 25.1 Å². The van der Waals surface area contributed by atoms with E-state index in [9.17, 15) is 14.4 Å². The monoisotopic (exact) mass is 347 g/mol. The Morgan fingerprint density at radius 2 is 2.04 bits per heavy atom. The Balaban J connectivity index is 1.63. The Morgan fingerprint density at radius 1 is 1.20 bits per heavy atom. The summed E-state index contributed by atoms with van der Waals surface area (Å²) < 4.78 is 10.9. The highest BCUT2D eigenvalue weighted by Gasteiger charge is 2.39. The second-order valence-corrected chi connectivity index (χ2v) is 5.97. The van der Waals surface area contributed by atoms with Crippen molar-refractivity contribution in [3.8, 4) is 5.75 Å². The van der Waals surface area contributed by atoms with Crippen molar-refractivity contribution >= 4 is 17.7 Å². The van der Waals surface area contributed by atoms with E-state index in [0.29, 0.717) is 50.6 Å². The lowest BCUT2D eigenvalue weighted by atomic mass is 10.0. The van der Waals surface area contributed by atoms with Crippen LogP contribution in [0, 0.1) is 0 Å². The van der Waals surface area contributed by atoms with Crippen LogP contribution in [0.25, 0.3) is 0 Å². The van der Waals surface area contributed by atoms with E-state index in [1.54, 1.807) is 12.1 Å². The lowest BCUT2D eigenvalue weighted by Crippen LogP contribution is -2.52. The number of hydrogen-bond donors (Lipinski definition) is 2. The number of hydrogen-bond acceptors (Lipinski definition) is 6. The Bertz CT molecular complexity index is 691. The number of carbonyl (C=O) groups is 3. The van der Waals surface area contributed by atoms with Crippen LogP contribution in [0.15, 0.2) is 18.2 Å². The normalized spacial score (nSPS) is 19.8. The predicted molar refractivity (Wildman–Crippen MR) is 87.9 cm³/mol. The predicted octanol–water partition coefficient (Wildman–Crippen LogP) is -0.198. The molecule has 1 atom stereocenters. The summed E-state index contributed by atoms with van der Waals surface area (Å²) in [5.74, 6) is -0.251. The van der Waals surface area contributed by atoms with Gasteiger partial charge in [0.05, 0.1) is 13.2 Å². The van der Waals surface area contributed by atoms with Gasteiger partial charge in [-0.15, -0.1) is 0 Å². The largest absolute Gasteiger partial charge is 0.491 e. The Morgan fingerprint density at radius 3 is 2.80 bits per heavy atom. The lowest BCUT2D eigenvalue weighted by molar-refractivity contribution is -0.136. The average molecular weight is 347 g/mol. The van der Waals surface area contributed by atoms with Gasteiger partial charge in [-0.25, -0.2) is 0 Å². The number of amides is 3. The van der Waals surface area contributed by atoms with Crippen molar-refractivity contribution in [2.45, 2.75) is 25.4 Å². The standard InChI is InChI=1S/C17H21N3O5/c18-5-6-24-7-8-25-12-1-2-13-11(9-12)10-20(17(13)23)14-3-4-15(21)19-16(14)22/h1-2,9,14H,3-8,10,18H2,(H,19,21,22)/t14-/m0/s1. The molecule has 3 rings (SSSR count). The molecule has 8 nitrogen and oxygen atoms in total. The first-order chi connectivity index (χ1) is 12.1. The molecular weight excluding hydrogens is 326 g/mol. The fraction of sp³-hybridized carbons (Fsp3) is 0.471. The smallest absolute Gasteiger partial charge is 0.255 e. The number of imide groups is 1. The molecule has 0 radical (unpaired) electrons. The van der Waals surface area contributed by atoms with Gasteiger partial charge in [-0.2, -0.15) is 0 Å². The molecule has 1 aromatic carbocycles. The molecule has 2 aliphatic rings. The van der Waals surface area contributed by atoms with Gasteiger partial charge in [-0.1, -0.05) is 0 Å². The third kappa shape index (κ3) is 3.80. The first-order valence-corrected chi connectivity index (χ1v) is 8.28. The zero-order valence-corrected chi connectivity index (χ0v) is 13.8. The summed E-state index contributed by atoms with van der Waals surface area (Å²) >= 11 is 0. The molecule has 3 N–H and O–H groups in total. The summed E-state index contributed by atoms with van der Waals surface area (Å²) in [5.41, 5.74) is 6.72. The van der Waals surface area contributed by atoms with Gasteiger partial charge in [-0.05, 0) is 30.2 Å². The van der Waals surface area contributed by atoms with Crippen LogP contribution in [0.2, 0.25) is 0 Å². The number of benzene rings is 1. The van der Waals surface area contributed by atoms with Crippen LogP contribution in [0.3, 0.4) is 0 Å². The van der Waals surface area contributed by atoms with Crippen LogP contribution < -0.4 is 15.8 Å². The Hall–Kier alpha value is -2.45. The van der Waals surface area contributed by atoms with Crippen molar-refractivity contribution in [1.82, 2.24) is 10.2 Å². The van der Waals surface area contributed by atoms with Gasteiger partial charge in [0.25, 0.3) is 5.91 Å². The van der Waals surface area contributed by atoms with Crippen LogP contribution in [-0.2, 0) is 20.9 Å². The summed E-state index contributed by atoms with van der Waals surface area (Å²) in [6.07, 6.45) is 0.597. The van der Waals surface area contributed by atoms with Crippen molar-refractivity contribution in [3.63, 3.8) is 0 Å². The fourth-order valence-electron chi connectivity index (χ4n) is 3.04. The van der Waals surface area contributed by atoms with Crippen molar-refractivity contribution in [2.24, 2.45) is 5.73 Å². The summed E-state index contributed by atoms with van der Waals surface area (Å²) in [6.45, 7) is 2.13. The fourth-order valence-corrected chi connectivity index (χ4v) is 3.04. The molecule has 1 aromatic rings. The first-order valence-electron chi connectivity index (χ1n) is 8.28. The molecular formula is C17H21N3O5. The molecule has 0 saturated carbocycles. The maximum atomic E-state index is 12.6. The van der Waals surface area contributed by atoms with Gasteiger partial charge >= 0.3 is 0 Å². The summed E-state index contributed by atoms with van der Waals surface area (Å²) in [4.78, 5) is 37.4. The summed E-state index contributed by atoms with van der Waals surface area (Å²) in [6, 6.07) is 4.64. The minimum Gasteiger partial charge on any atom is -0.491 e. The number of fused-ring (bicyclic) bond motifs is 1. The highest BCUT2D eigenvalue weighted by atomic mass is 16.5. The maximum absolute atomic E-state index is 12.6. The van der Waals surface area contributed by atoms with E-state index in [1.807, 2.05) is 6.07 Å². The van der Waals surface area contributed by atoms with E-state index in [4.69, 9.17) is 15.2 Å². The van der Waals surface area contributed by atoms with Crippen LogP contribution >= 0.6 is 0 Å². The van der Waals surface area contributed by atoms with Gasteiger partial charge in [0.15, 0.2) is 0 Å². The molecule has 0 bridgehead atoms. The number of nitrogens with two attached hydrogens (primary N) is 1. The summed E-state index contributed by atoms with van der Waals surface area (Å²) in [5, 5.41) is 2.29. The molecule has 134 valence electrons. The molecule has 8 heteroatoms. The molecule has 0 aliphatic carbocycles. The van der Waals surface area contributed by atoms with Crippen LogP contribution in [0.5, 0.6) is 5.75 Å². The second-order valence-electron chi connectivity index (χ2n) is 5.97. The average Bonchev–Trinajstić information content (AvgIpc) is 2.91. The van der Waals surface area contributed by atoms with E-state index in [0.717, 1.165) is 5.56 Å². The molecule has 2 heterocycles. The SMILES string of the molecule is NCCOCCOc1ccc2c(c1)CN([C@H]1CCC(=O)NC1=O)C2=O. The van der Waals surface area contributed by atoms with Gasteiger partial charge < -0.3 is 20.1 Å². The van der Waals surface area contributed by atoms with E-state index < -0.39 is 11.9 Å². The molecule has 2 aliphatic heterocycles. The third-order valence-electron chi connectivity index (χ3n) is 4.25. The van der Waals surface area contributed by atoms with Gasteiger partial charge in [0.2, 0.25) is 11.8 Å². The molecule has 0 aromatic heterocycles. The molecule has 0 spiro atoms. The van der Waals surface area contributed by atoms with E-state index in [-0.39, 0.29) is 18.2 Å². The highest BCUT2D eigenvalue weighted by Crippen LogP contribution is 2.30. The van der Waals surface area contributed by atoms with E-state index in [1.165, 1.54) is 4.90 Å². The first kappa shape index (κ1) is 17.4. The minimum atomic E-state index is -0.605. The number of rotatable bonds is 7. The second kappa shape index (κ2) is 7.62. The summed E-state index contributed by atoms with van der Waals surface area (Å²) in [7, 11) is 0. The van der Waals surface area contributed by atoms with E-state index in [2.05, 4.69) is 5.32 Å². The number of piperidine rings is 1. The Labute approximate surface area is 145 Å². The van der Waals surface area contributed by atoms with Gasteiger partial charge in [0.1, 0.15) is 18.4 Å². The van der Waals surface area contributed by atoms with Crippen molar-refractivity contribution in [2.75, 3.05) is 26.4 Å². The van der Waals surface area contributed by atoms with Crippen LogP contribution in [0.1, 0.15) is 28.8 Å². The zero-order valence-electron chi connectivity index (χ0n) is 13.8. The molecule has 25 heavy (non-hydrogen) atoms. The minimum absolute atomic E-state index is 0.192. The molecule has 3 amide bonds. The lowest BCUT2D eigenvalue weighted by Gasteiger charge is -2.29. The maximum Gasteiger partial charge on any atom is 0.255 e. The topological polar surface area (TPSA) is 111 Å². The quantitative estimate of drug-likeness (QED) is 0.522. The Kier molecular flexibility index (Phi) is 5.30. The van der Waals surface area contributed by atoms with Gasteiger partial charge in [-0.3, -0.25) is 19.7 Å². The number of ether oxygens (including phenoxy) is 2. The number of nitrogens with zero attached hydrogens (tertiary/aromatic N) is 1. The van der Waals surface area contributed by atoms with Crippen molar-refractivity contribution in [3.05, 3.63) is 29.3 Å². The van der Waals surface area contributed by atoms with E-state index >= 15 is 0 Å². The van der Waals surface area contributed by atoms with Crippen molar-refractivity contribution < 1.29 is 23.9 Å². The zero-order chi connectivity index (χ0) is 17.8. The third-order valence-corrected chi connectivity index (χ3v) is 4.25. The number of nitrogens with one attached hydrogen (secondary N) is 1. The van der Waals surface area contributed by atoms with Crippen molar-refractivity contribution in [1.29, 1.82) is 0 Å². The van der Waals surface area contributed by atoms with Crippen LogP contribution in [0.4, 0.5) is 0 Å². The molecule has 1 saturated heterocycles. The highest BCUT2D eigenvalue weighted by molar-refractivity contribution is 6.05. The molecule has 0 unspecified atom stereocenters.